The minimum atomic E-state index is -0.655. The molecule has 2 fully saturated rings. The summed E-state index contributed by atoms with van der Waals surface area (Å²) in [7, 11) is 0. The minimum Gasteiger partial charge on any atom is -0.203 e. The number of hydrogen-bond donors (Lipinski definition) is 0. The van der Waals surface area contributed by atoms with Crippen molar-refractivity contribution in [2.75, 3.05) is 0 Å². The third kappa shape index (κ3) is 4.44. The molecule has 0 saturated heterocycles. The Kier molecular flexibility index (Phi) is 5.85. The first-order valence-electron chi connectivity index (χ1n) is 10.3. The second kappa shape index (κ2) is 7.76. The molecule has 0 N–H and O–H groups in total. The first-order chi connectivity index (χ1) is 11.9. The number of benzene rings is 1. The molecule has 25 heavy (non-hydrogen) atoms. The van der Waals surface area contributed by atoms with Crippen LogP contribution in [-0.4, -0.2) is 0 Å². The zero-order valence-corrected chi connectivity index (χ0v) is 16.2. The van der Waals surface area contributed by atoms with Gasteiger partial charge < -0.3 is 0 Å². The third-order valence-corrected chi connectivity index (χ3v) is 7.23. The average molecular weight is 349 g/mol. The summed E-state index contributed by atoms with van der Waals surface area (Å²) in [5.41, 5.74) is 1.41. The quantitative estimate of drug-likeness (QED) is 0.527. The summed E-state index contributed by atoms with van der Waals surface area (Å²) < 4.78 is 28.2. The van der Waals surface area contributed by atoms with Crippen LogP contribution in [0.2, 0.25) is 0 Å². The standard InChI is InChI=1S/C23H34F2/c1-16-4-7-18(8-5-16)10-13-23(3)14-11-19(12-15-23)20-9-6-17(2)21(24)22(20)25/h6,9,16,18-19H,4-5,7-8,10-15H2,1-3H3. The maximum Gasteiger partial charge on any atom is 0.162 e. The maximum absolute atomic E-state index is 14.3. The Morgan fingerprint density at radius 3 is 2.24 bits per heavy atom. The monoisotopic (exact) mass is 348 g/mol. The summed E-state index contributed by atoms with van der Waals surface area (Å²) in [6.07, 6.45) is 12.6. The first-order valence-corrected chi connectivity index (χ1v) is 10.3. The van der Waals surface area contributed by atoms with Gasteiger partial charge in [0.05, 0.1) is 0 Å². The van der Waals surface area contributed by atoms with Gasteiger partial charge in [-0.05, 0) is 79.7 Å². The molecular weight excluding hydrogens is 314 g/mol. The predicted octanol–water partition coefficient (Wildman–Crippen LogP) is 7.54. The van der Waals surface area contributed by atoms with Crippen LogP contribution in [0.15, 0.2) is 12.1 Å². The molecule has 0 aliphatic heterocycles. The topological polar surface area (TPSA) is 0 Å². The van der Waals surface area contributed by atoms with Crippen molar-refractivity contribution in [2.45, 2.75) is 90.9 Å². The summed E-state index contributed by atoms with van der Waals surface area (Å²) in [5, 5.41) is 0. The molecule has 0 nitrogen and oxygen atoms in total. The molecule has 0 aromatic heterocycles. The molecule has 0 unspecified atom stereocenters. The fourth-order valence-corrected chi connectivity index (χ4v) is 5.02. The lowest BCUT2D eigenvalue weighted by Gasteiger charge is -2.39. The second-order valence-corrected chi connectivity index (χ2v) is 9.35. The van der Waals surface area contributed by atoms with Gasteiger partial charge in [0.2, 0.25) is 0 Å². The number of halogens is 2. The van der Waals surface area contributed by atoms with Crippen LogP contribution in [-0.2, 0) is 0 Å². The molecule has 1 aromatic carbocycles. The van der Waals surface area contributed by atoms with Crippen molar-refractivity contribution >= 4 is 0 Å². The fourth-order valence-electron chi connectivity index (χ4n) is 5.02. The normalized spacial score (nSPS) is 33.4. The van der Waals surface area contributed by atoms with Crippen LogP contribution in [0.3, 0.4) is 0 Å². The van der Waals surface area contributed by atoms with E-state index >= 15 is 0 Å². The fraction of sp³-hybridized carbons (Fsp3) is 0.739. The Labute approximate surface area is 152 Å². The van der Waals surface area contributed by atoms with Crippen LogP contribution in [0.5, 0.6) is 0 Å². The second-order valence-electron chi connectivity index (χ2n) is 9.35. The molecular formula is C23H34F2. The van der Waals surface area contributed by atoms with E-state index in [9.17, 15) is 8.78 Å². The van der Waals surface area contributed by atoms with E-state index in [0.717, 1.165) is 37.5 Å². The Bertz CT molecular complexity index is 576. The minimum absolute atomic E-state index is 0.193. The zero-order valence-electron chi connectivity index (χ0n) is 16.2. The van der Waals surface area contributed by atoms with Crippen LogP contribution in [0.4, 0.5) is 8.78 Å². The molecule has 0 bridgehead atoms. The van der Waals surface area contributed by atoms with E-state index in [1.807, 2.05) is 6.07 Å². The van der Waals surface area contributed by atoms with E-state index in [-0.39, 0.29) is 5.92 Å². The molecule has 0 atom stereocenters. The van der Waals surface area contributed by atoms with Gasteiger partial charge in [-0.3, -0.25) is 0 Å². The van der Waals surface area contributed by atoms with E-state index < -0.39 is 11.6 Å². The van der Waals surface area contributed by atoms with Crippen molar-refractivity contribution in [3.05, 3.63) is 34.9 Å². The van der Waals surface area contributed by atoms with Crippen molar-refractivity contribution in [3.8, 4) is 0 Å². The van der Waals surface area contributed by atoms with Crippen molar-refractivity contribution in [2.24, 2.45) is 17.3 Å². The number of rotatable bonds is 4. The molecule has 2 aliphatic rings. The van der Waals surface area contributed by atoms with Crippen LogP contribution < -0.4 is 0 Å². The molecule has 2 heteroatoms. The largest absolute Gasteiger partial charge is 0.203 e. The molecule has 0 radical (unpaired) electrons. The molecule has 0 amide bonds. The molecule has 0 heterocycles. The SMILES string of the molecule is Cc1ccc(C2CCC(C)(CCC3CCC(C)CC3)CC2)c(F)c1F. The van der Waals surface area contributed by atoms with Gasteiger partial charge in [0.25, 0.3) is 0 Å². The summed E-state index contributed by atoms with van der Waals surface area (Å²) in [6, 6.07) is 3.54. The van der Waals surface area contributed by atoms with E-state index in [2.05, 4.69) is 13.8 Å². The highest BCUT2D eigenvalue weighted by atomic mass is 19.2. The van der Waals surface area contributed by atoms with E-state index in [4.69, 9.17) is 0 Å². The number of aryl methyl sites for hydroxylation is 1. The Balaban J connectivity index is 1.53. The lowest BCUT2D eigenvalue weighted by Crippen LogP contribution is -2.25. The average Bonchev–Trinajstić information content (AvgIpc) is 2.61. The predicted molar refractivity (Wildman–Crippen MR) is 101 cm³/mol. The van der Waals surface area contributed by atoms with Crippen LogP contribution >= 0.6 is 0 Å². The van der Waals surface area contributed by atoms with Gasteiger partial charge in [-0.2, -0.15) is 0 Å². The van der Waals surface area contributed by atoms with Crippen molar-refractivity contribution in [1.29, 1.82) is 0 Å². The van der Waals surface area contributed by atoms with Crippen LogP contribution in [0, 0.1) is 35.8 Å². The molecule has 0 spiro atoms. The summed E-state index contributed by atoms with van der Waals surface area (Å²) in [5.74, 6) is 0.780. The highest BCUT2D eigenvalue weighted by Gasteiger charge is 2.33. The molecule has 3 rings (SSSR count). The molecule has 1 aromatic rings. The Hall–Kier alpha value is -0.920. The van der Waals surface area contributed by atoms with E-state index in [1.165, 1.54) is 38.5 Å². The smallest absolute Gasteiger partial charge is 0.162 e. The van der Waals surface area contributed by atoms with Gasteiger partial charge in [-0.1, -0.05) is 51.7 Å². The molecule has 2 aliphatic carbocycles. The zero-order chi connectivity index (χ0) is 18.0. The van der Waals surface area contributed by atoms with Gasteiger partial charge in [0.15, 0.2) is 11.6 Å². The van der Waals surface area contributed by atoms with Gasteiger partial charge in [-0.25, -0.2) is 8.78 Å². The third-order valence-electron chi connectivity index (χ3n) is 7.23. The highest BCUT2D eigenvalue weighted by Crippen LogP contribution is 2.47. The van der Waals surface area contributed by atoms with Crippen molar-refractivity contribution < 1.29 is 8.78 Å². The molecule has 140 valence electrons. The summed E-state index contributed by atoms with van der Waals surface area (Å²) in [4.78, 5) is 0. The van der Waals surface area contributed by atoms with Crippen molar-refractivity contribution in [3.63, 3.8) is 0 Å². The van der Waals surface area contributed by atoms with Gasteiger partial charge in [-0.15, -0.1) is 0 Å². The van der Waals surface area contributed by atoms with Gasteiger partial charge in [0, 0.05) is 0 Å². The van der Waals surface area contributed by atoms with Crippen LogP contribution in [0.25, 0.3) is 0 Å². The lowest BCUT2D eigenvalue weighted by atomic mass is 9.66. The van der Waals surface area contributed by atoms with Gasteiger partial charge >= 0.3 is 0 Å². The summed E-state index contributed by atoms with van der Waals surface area (Å²) in [6.45, 7) is 6.43. The maximum atomic E-state index is 14.3. The molecule has 2 saturated carbocycles. The first kappa shape index (κ1) is 18.9. The van der Waals surface area contributed by atoms with E-state index in [1.54, 1.807) is 13.0 Å². The Morgan fingerprint density at radius 1 is 0.960 bits per heavy atom. The lowest BCUT2D eigenvalue weighted by molar-refractivity contribution is 0.155. The summed E-state index contributed by atoms with van der Waals surface area (Å²) >= 11 is 0. The highest BCUT2D eigenvalue weighted by molar-refractivity contribution is 5.28. The van der Waals surface area contributed by atoms with Crippen molar-refractivity contribution in [1.82, 2.24) is 0 Å². The van der Waals surface area contributed by atoms with Gasteiger partial charge in [0.1, 0.15) is 0 Å². The van der Waals surface area contributed by atoms with E-state index in [0.29, 0.717) is 16.5 Å². The number of hydrogen-bond acceptors (Lipinski definition) is 0. The Morgan fingerprint density at radius 2 is 1.60 bits per heavy atom. The van der Waals surface area contributed by atoms with Crippen LogP contribution in [0.1, 0.15) is 95.1 Å².